The van der Waals surface area contributed by atoms with Gasteiger partial charge in [-0.25, -0.2) is 0 Å². The second-order valence-corrected chi connectivity index (χ2v) is 7.87. The highest BCUT2D eigenvalue weighted by atomic mass is 127. The van der Waals surface area contributed by atoms with Crippen LogP contribution in [0.1, 0.15) is 37.7 Å². The molecule has 2 heterocycles. The molecule has 6 nitrogen and oxygen atoms in total. The van der Waals surface area contributed by atoms with Crippen molar-refractivity contribution in [1.29, 1.82) is 0 Å². The number of terminal acetylenes is 1. The molecule has 1 unspecified atom stereocenters. The summed E-state index contributed by atoms with van der Waals surface area (Å²) >= 11 is 0. The molecule has 0 amide bonds. The molecule has 0 aromatic heterocycles. The van der Waals surface area contributed by atoms with Crippen LogP contribution in [0.4, 0.5) is 0 Å². The summed E-state index contributed by atoms with van der Waals surface area (Å²) in [6.45, 7) is 4.70. The third-order valence-corrected chi connectivity index (χ3v) is 5.69. The highest BCUT2D eigenvalue weighted by Gasteiger charge is 2.23. The van der Waals surface area contributed by atoms with Crippen LogP contribution in [-0.4, -0.2) is 69.6 Å². The second-order valence-electron chi connectivity index (χ2n) is 7.87. The second kappa shape index (κ2) is 14.5. The summed E-state index contributed by atoms with van der Waals surface area (Å²) in [5.74, 6) is 4.25. The summed E-state index contributed by atoms with van der Waals surface area (Å²) in [5, 5.41) is 3.49. The van der Waals surface area contributed by atoms with Gasteiger partial charge in [0.05, 0.1) is 18.8 Å². The summed E-state index contributed by atoms with van der Waals surface area (Å²) in [6.07, 6.45) is 12.4. The lowest BCUT2D eigenvalue weighted by Crippen LogP contribution is -2.47. The summed E-state index contributed by atoms with van der Waals surface area (Å²) in [5.41, 5.74) is 1.25. The molecule has 1 atom stereocenters. The van der Waals surface area contributed by atoms with Crippen molar-refractivity contribution in [2.75, 3.05) is 46.5 Å². The topological polar surface area (TPSA) is 55.3 Å². The van der Waals surface area contributed by atoms with E-state index < -0.39 is 0 Å². The Balaban J connectivity index is 0.00000341. The van der Waals surface area contributed by atoms with Gasteiger partial charge in [-0.15, -0.1) is 30.4 Å². The Morgan fingerprint density at radius 1 is 1.23 bits per heavy atom. The van der Waals surface area contributed by atoms with E-state index in [1.807, 2.05) is 19.2 Å². The molecule has 1 aromatic rings. The van der Waals surface area contributed by atoms with Crippen molar-refractivity contribution in [3.05, 3.63) is 29.8 Å². The Bertz CT molecular complexity index is 691. The fourth-order valence-corrected chi connectivity index (χ4v) is 3.94. The molecule has 0 aliphatic carbocycles. The Morgan fingerprint density at radius 3 is 2.65 bits per heavy atom. The van der Waals surface area contributed by atoms with Gasteiger partial charge in [0.2, 0.25) is 0 Å². The summed E-state index contributed by atoms with van der Waals surface area (Å²) < 4.78 is 17.3. The Hall–Kier alpha value is -1.50. The Labute approximate surface area is 204 Å². The summed E-state index contributed by atoms with van der Waals surface area (Å²) in [7, 11) is 1.85. The van der Waals surface area contributed by atoms with Gasteiger partial charge in [-0.3, -0.25) is 4.99 Å². The predicted octanol–water partition coefficient (Wildman–Crippen LogP) is 3.48. The zero-order valence-electron chi connectivity index (χ0n) is 18.6. The molecule has 1 aromatic carbocycles. The molecule has 31 heavy (non-hydrogen) atoms. The van der Waals surface area contributed by atoms with Crippen molar-refractivity contribution in [2.45, 2.75) is 50.7 Å². The van der Waals surface area contributed by atoms with Gasteiger partial charge < -0.3 is 24.4 Å². The van der Waals surface area contributed by atoms with Crippen molar-refractivity contribution in [1.82, 2.24) is 10.2 Å². The minimum absolute atomic E-state index is 0. The van der Waals surface area contributed by atoms with Crippen molar-refractivity contribution in [3.63, 3.8) is 0 Å². The van der Waals surface area contributed by atoms with Crippen LogP contribution < -0.4 is 10.1 Å². The fraction of sp³-hybridized carbons (Fsp3) is 0.625. The lowest BCUT2D eigenvalue weighted by molar-refractivity contribution is -0.0721. The van der Waals surface area contributed by atoms with E-state index >= 15 is 0 Å². The molecule has 2 aliphatic rings. The zero-order chi connectivity index (χ0) is 21.0. The third kappa shape index (κ3) is 8.87. The molecule has 172 valence electrons. The van der Waals surface area contributed by atoms with Gasteiger partial charge in [-0.05, 0) is 56.2 Å². The molecule has 0 radical (unpaired) electrons. The van der Waals surface area contributed by atoms with Gasteiger partial charge in [0, 0.05) is 33.3 Å². The van der Waals surface area contributed by atoms with Crippen LogP contribution >= 0.6 is 24.0 Å². The van der Waals surface area contributed by atoms with Gasteiger partial charge in [0.25, 0.3) is 0 Å². The number of aliphatic imine (C=N–C) groups is 1. The summed E-state index contributed by atoms with van der Waals surface area (Å²) in [4.78, 5) is 6.79. The quantitative estimate of drug-likeness (QED) is 0.237. The molecule has 1 N–H and O–H groups in total. The maximum Gasteiger partial charge on any atom is 0.193 e. The van der Waals surface area contributed by atoms with Gasteiger partial charge in [0.15, 0.2) is 5.96 Å². The van der Waals surface area contributed by atoms with E-state index in [9.17, 15) is 0 Å². The first-order valence-electron chi connectivity index (χ1n) is 11.1. The molecular formula is C24H36IN3O3. The standard InChI is InChI=1S/C24H35N3O3.HI/c1-3-17-28-21-9-7-20(8-10-21)11-14-26-24(25-2)27-15-12-22(13-16-27)30-19-23-6-4-5-18-29-23;/h1,7-10,22-23H,4-6,11-19H2,2H3,(H,25,26);1H. The first kappa shape index (κ1) is 25.8. The SMILES string of the molecule is C#CCOc1ccc(CCNC(=NC)N2CCC(OCC3CCCCO3)CC2)cc1.I. The minimum Gasteiger partial charge on any atom is -0.481 e. The number of halogens is 1. The molecule has 0 saturated carbocycles. The fourth-order valence-electron chi connectivity index (χ4n) is 3.94. The number of guanidine groups is 1. The zero-order valence-corrected chi connectivity index (χ0v) is 20.9. The van der Waals surface area contributed by atoms with Crippen molar-refractivity contribution < 1.29 is 14.2 Å². The Kier molecular flexibility index (Phi) is 12.1. The third-order valence-electron chi connectivity index (χ3n) is 5.69. The normalized spacial score (nSPS) is 19.9. The number of nitrogens with one attached hydrogen (secondary N) is 1. The average molecular weight is 541 g/mol. The predicted molar refractivity (Wildman–Crippen MR) is 135 cm³/mol. The number of ether oxygens (including phenoxy) is 3. The molecule has 2 aliphatic heterocycles. The maximum atomic E-state index is 6.12. The number of benzene rings is 1. The van der Waals surface area contributed by atoms with Crippen LogP contribution in [0, 0.1) is 12.3 Å². The molecule has 2 fully saturated rings. The lowest BCUT2D eigenvalue weighted by Gasteiger charge is -2.35. The first-order chi connectivity index (χ1) is 14.8. The number of hydrogen-bond donors (Lipinski definition) is 1. The number of piperidine rings is 1. The van der Waals surface area contributed by atoms with Crippen LogP contribution in [-0.2, 0) is 15.9 Å². The average Bonchev–Trinajstić information content (AvgIpc) is 2.81. The van der Waals surface area contributed by atoms with E-state index in [2.05, 4.69) is 33.3 Å². The van der Waals surface area contributed by atoms with Crippen LogP contribution in [0.2, 0.25) is 0 Å². The van der Waals surface area contributed by atoms with E-state index in [1.54, 1.807) is 0 Å². The number of nitrogens with zero attached hydrogens (tertiary/aromatic N) is 2. The van der Waals surface area contributed by atoms with E-state index in [0.29, 0.717) is 18.8 Å². The smallest absolute Gasteiger partial charge is 0.193 e. The highest BCUT2D eigenvalue weighted by molar-refractivity contribution is 14.0. The lowest BCUT2D eigenvalue weighted by atomic mass is 10.1. The largest absolute Gasteiger partial charge is 0.481 e. The van der Waals surface area contributed by atoms with Crippen LogP contribution in [0.5, 0.6) is 5.75 Å². The van der Waals surface area contributed by atoms with Gasteiger partial charge in [-0.2, -0.15) is 0 Å². The van der Waals surface area contributed by atoms with Crippen molar-refractivity contribution in [3.8, 4) is 18.1 Å². The molecular weight excluding hydrogens is 505 g/mol. The number of rotatable bonds is 8. The van der Waals surface area contributed by atoms with Gasteiger partial charge in [0.1, 0.15) is 12.4 Å². The highest BCUT2D eigenvalue weighted by Crippen LogP contribution is 2.18. The molecule has 2 saturated heterocycles. The van der Waals surface area contributed by atoms with E-state index in [-0.39, 0.29) is 24.0 Å². The monoisotopic (exact) mass is 541 g/mol. The number of likely N-dealkylation sites (tertiary alicyclic amines) is 1. The van der Waals surface area contributed by atoms with Crippen LogP contribution in [0.15, 0.2) is 29.3 Å². The van der Waals surface area contributed by atoms with Crippen LogP contribution in [0.25, 0.3) is 0 Å². The first-order valence-corrected chi connectivity index (χ1v) is 11.1. The molecule has 0 spiro atoms. The maximum absolute atomic E-state index is 6.12. The number of hydrogen-bond acceptors (Lipinski definition) is 4. The van der Waals surface area contributed by atoms with Crippen molar-refractivity contribution in [2.24, 2.45) is 4.99 Å². The molecule has 3 rings (SSSR count). The minimum atomic E-state index is 0. The van der Waals surface area contributed by atoms with E-state index in [4.69, 9.17) is 20.6 Å². The van der Waals surface area contributed by atoms with E-state index in [1.165, 1.54) is 18.4 Å². The van der Waals surface area contributed by atoms with Crippen molar-refractivity contribution >= 4 is 29.9 Å². The van der Waals surface area contributed by atoms with E-state index in [0.717, 1.165) is 70.2 Å². The van der Waals surface area contributed by atoms with Crippen LogP contribution in [0.3, 0.4) is 0 Å². The van der Waals surface area contributed by atoms with Gasteiger partial charge in [-0.1, -0.05) is 18.1 Å². The van der Waals surface area contributed by atoms with Gasteiger partial charge >= 0.3 is 0 Å². The molecule has 7 heteroatoms. The summed E-state index contributed by atoms with van der Waals surface area (Å²) in [6, 6.07) is 8.08. The Morgan fingerprint density at radius 2 is 2.00 bits per heavy atom. The molecule has 0 bridgehead atoms.